The highest BCUT2D eigenvalue weighted by Crippen LogP contribution is 2.50. The summed E-state index contributed by atoms with van der Waals surface area (Å²) < 4.78 is 5.29. The number of furan rings is 1. The molecule has 0 aliphatic heterocycles. The Labute approximate surface area is 166 Å². The molecular weight excluding hydrogens is 346 g/mol. The van der Waals surface area contributed by atoms with Crippen molar-refractivity contribution >= 4 is 5.91 Å². The van der Waals surface area contributed by atoms with Gasteiger partial charge < -0.3 is 9.73 Å². The van der Waals surface area contributed by atoms with Gasteiger partial charge in [0.1, 0.15) is 0 Å². The zero-order valence-corrected chi connectivity index (χ0v) is 16.3. The topological polar surface area (TPSA) is 42.2 Å². The summed E-state index contributed by atoms with van der Waals surface area (Å²) in [5.41, 5.74) is 3.57. The summed E-state index contributed by atoms with van der Waals surface area (Å²) in [4.78, 5) is 12.6. The lowest BCUT2D eigenvalue weighted by Gasteiger charge is -2.20. The highest BCUT2D eigenvalue weighted by molar-refractivity contribution is 5.91. The van der Waals surface area contributed by atoms with Crippen LogP contribution < -0.4 is 5.32 Å². The molecule has 1 fully saturated rings. The number of nitrogens with one attached hydrogen (secondary N) is 1. The standard InChI is InChI=1S/C25H27NO2/c1-2-3-8-21-17-22(21)24(26-25(27)23-11-7-16-28-23)20-14-12-19(13-15-20)18-9-5-4-6-10-18/h4-7,9-16,21-22,24H,2-3,8,17H2,1H3,(H,26,27)/t21-,22+,24?/m1/s1. The summed E-state index contributed by atoms with van der Waals surface area (Å²) in [5.74, 6) is 1.45. The molecule has 4 rings (SSSR count). The molecule has 1 aromatic heterocycles. The summed E-state index contributed by atoms with van der Waals surface area (Å²) in [7, 11) is 0. The van der Waals surface area contributed by atoms with Crippen LogP contribution in [0.25, 0.3) is 11.1 Å². The van der Waals surface area contributed by atoms with Crippen LogP contribution in [0.1, 0.15) is 54.8 Å². The molecule has 0 radical (unpaired) electrons. The number of benzene rings is 2. The van der Waals surface area contributed by atoms with Gasteiger partial charge in [-0.25, -0.2) is 0 Å². The van der Waals surface area contributed by atoms with Crippen LogP contribution in [0.15, 0.2) is 77.4 Å². The maximum Gasteiger partial charge on any atom is 0.287 e. The number of amides is 1. The van der Waals surface area contributed by atoms with Crippen molar-refractivity contribution in [1.29, 1.82) is 0 Å². The molecule has 1 unspecified atom stereocenters. The average Bonchev–Trinajstić information content (AvgIpc) is 3.28. The van der Waals surface area contributed by atoms with E-state index >= 15 is 0 Å². The Morgan fingerprint density at radius 2 is 1.79 bits per heavy atom. The number of hydrogen-bond donors (Lipinski definition) is 1. The first-order valence-corrected chi connectivity index (χ1v) is 10.3. The van der Waals surface area contributed by atoms with Crippen LogP contribution in [0.4, 0.5) is 0 Å². The summed E-state index contributed by atoms with van der Waals surface area (Å²) in [6.07, 6.45) is 6.45. The van der Waals surface area contributed by atoms with E-state index in [2.05, 4.69) is 60.8 Å². The fourth-order valence-corrected chi connectivity index (χ4v) is 4.05. The Bertz CT molecular complexity index is 884. The van der Waals surface area contributed by atoms with E-state index < -0.39 is 0 Å². The van der Waals surface area contributed by atoms with Gasteiger partial charge in [0.2, 0.25) is 0 Å². The maximum atomic E-state index is 12.6. The first-order chi connectivity index (χ1) is 13.8. The smallest absolute Gasteiger partial charge is 0.287 e. The van der Waals surface area contributed by atoms with Crippen molar-refractivity contribution in [2.45, 2.75) is 38.6 Å². The molecule has 28 heavy (non-hydrogen) atoms. The molecule has 1 N–H and O–H groups in total. The third kappa shape index (κ3) is 4.19. The van der Waals surface area contributed by atoms with E-state index in [4.69, 9.17) is 4.42 Å². The van der Waals surface area contributed by atoms with Gasteiger partial charge in [0.25, 0.3) is 5.91 Å². The summed E-state index contributed by atoms with van der Waals surface area (Å²) in [6, 6.07) is 22.5. The van der Waals surface area contributed by atoms with Crippen molar-refractivity contribution in [2.24, 2.45) is 11.8 Å². The highest BCUT2D eigenvalue weighted by Gasteiger charge is 2.43. The minimum Gasteiger partial charge on any atom is -0.459 e. The lowest BCUT2D eigenvalue weighted by Crippen LogP contribution is -2.30. The van der Waals surface area contributed by atoms with Crippen molar-refractivity contribution in [3.05, 3.63) is 84.3 Å². The highest BCUT2D eigenvalue weighted by atomic mass is 16.3. The van der Waals surface area contributed by atoms with Gasteiger partial charge in [-0.15, -0.1) is 0 Å². The fourth-order valence-electron chi connectivity index (χ4n) is 4.05. The summed E-state index contributed by atoms with van der Waals surface area (Å²) in [6.45, 7) is 2.23. The minimum absolute atomic E-state index is 0.0317. The molecule has 144 valence electrons. The van der Waals surface area contributed by atoms with Crippen LogP contribution in [0.5, 0.6) is 0 Å². The number of unbranched alkanes of at least 4 members (excludes halogenated alkanes) is 1. The molecule has 3 atom stereocenters. The Morgan fingerprint density at radius 3 is 2.46 bits per heavy atom. The van der Waals surface area contributed by atoms with E-state index in [1.54, 1.807) is 18.4 Å². The fraction of sp³-hybridized carbons (Fsp3) is 0.320. The molecule has 3 aromatic rings. The first-order valence-electron chi connectivity index (χ1n) is 10.3. The molecule has 1 amide bonds. The molecule has 0 bridgehead atoms. The van der Waals surface area contributed by atoms with Crippen LogP contribution in [0.2, 0.25) is 0 Å². The average molecular weight is 373 g/mol. The normalized spacial score (nSPS) is 19.2. The van der Waals surface area contributed by atoms with Gasteiger partial charge in [-0.3, -0.25) is 4.79 Å². The molecule has 1 heterocycles. The van der Waals surface area contributed by atoms with E-state index in [1.807, 2.05) is 6.07 Å². The number of carbonyl (C=O) groups excluding carboxylic acids is 1. The van der Waals surface area contributed by atoms with Gasteiger partial charge >= 0.3 is 0 Å². The molecule has 3 nitrogen and oxygen atoms in total. The lowest BCUT2D eigenvalue weighted by molar-refractivity contribution is 0.0902. The Kier molecular flexibility index (Phi) is 5.61. The SMILES string of the molecule is CCCC[C@@H]1C[C@@H]1C(NC(=O)c1ccco1)c1ccc(-c2ccccc2)cc1. The second-order valence-corrected chi connectivity index (χ2v) is 7.72. The number of rotatable bonds is 8. The number of carbonyl (C=O) groups is 1. The van der Waals surface area contributed by atoms with Gasteiger partial charge in [0, 0.05) is 0 Å². The van der Waals surface area contributed by atoms with Gasteiger partial charge in [0.15, 0.2) is 5.76 Å². The maximum absolute atomic E-state index is 12.6. The molecule has 0 saturated heterocycles. The van der Waals surface area contributed by atoms with Crippen LogP contribution in [0.3, 0.4) is 0 Å². The van der Waals surface area contributed by atoms with Gasteiger partial charge in [0.05, 0.1) is 12.3 Å². The van der Waals surface area contributed by atoms with Crippen LogP contribution in [-0.2, 0) is 0 Å². The predicted molar refractivity (Wildman–Crippen MR) is 112 cm³/mol. The van der Waals surface area contributed by atoms with E-state index in [0.717, 1.165) is 0 Å². The third-order valence-corrected chi connectivity index (χ3v) is 5.74. The van der Waals surface area contributed by atoms with E-state index in [1.165, 1.54) is 42.4 Å². The van der Waals surface area contributed by atoms with Gasteiger partial charge in [-0.1, -0.05) is 80.8 Å². The Morgan fingerprint density at radius 1 is 1.04 bits per heavy atom. The molecule has 1 saturated carbocycles. The summed E-state index contributed by atoms with van der Waals surface area (Å²) in [5, 5.41) is 3.23. The van der Waals surface area contributed by atoms with Crippen molar-refractivity contribution in [1.82, 2.24) is 5.32 Å². The van der Waals surface area contributed by atoms with Crippen molar-refractivity contribution in [2.75, 3.05) is 0 Å². The zero-order valence-electron chi connectivity index (χ0n) is 16.3. The first kappa shape index (κ1) is 18.5. The Balaban J connectivity index is 1.54. The molecule has 2 aromatic carbocycles. The van der Waals surface area contributed by atoms with Crippen LogP contribution in [0, 0.1) is 11.8 Å². The van der Waals surface area contributed by atoms with Crippen LogP contribution in [-0.4, -0.2) is 5.91 Å². The van der Waals surface area contributed by atoms with Crippen molar-refractivity contribution < 1.29 is 9.21 Å². The van der Waals surface area contributed by atoms with Crippen LogP contribution >= 0.6 is 0 Å². The molecule has 1 aliphatic carbocycles. The second kappa shape index (κ2) is 8.47. The van der Waals surface area contributed by atoms with Crippen molar-refractivity contribution in [3.8, 4) is 11.1 Å². The zero-order chi connectivity index (χ0) is 19.3. The van der Waals surface area contributed by atoms with Crippen molar-refractivity contribution in [3.63, 3.8) is 0 Å². The van der Waals surface area contributed by atoms with Gasteiger partial charge in [-0.2, -0.15) is 0 Å². The summed E-state index contributed by atoms with van der Waals surface area (Å²) >= 11 is 0. The van der Waals surface area contributed by atoms with E-state index in [0.29, 0.717) is 17.6 Å². The molecule has 3 heteroatoms. The van der Waals surface area contributed by atoms with E-state index in [9.17, 15) is 4.79 Å². The Hall–Kier alpha value is -2.81. The lowest BCUT2D eigenvalue weighted by atomic mass is 9.96. The van der Waals surface area contributed by atoms with Gasteiger partial charge in [-0.05, 0) is 47.1 Å². The van der Waals surface area contributed by atoms with E-state index in [-0.39, 0.29) is 11.9 Å². The number of hydrogen-bond acceptors (Lipinski definition) is 2. The largest absolute Gasteiger partial charge is 0.459 e. The molecular formula is C25H27NO2. The minimum atomic E-state index is -0.136. The second-order valence-electron chi connectivity index (χ2n) is 7.72. The monoisotopic (exact) mass is 373 g/mol. The quantitative estimate of drug-likeness (QED) is 0.507. The third-order valence-electron chi connectivity index (χ3n) is 5.74. The predicted octanol–water partition coefficient (Wildman–Crippen LogP) is 6.24. The molecule has 0 spiro atoms. The molecule has 1 aliphatic rings.